The summed E-state index contributed by atoms with van der Waals surface area (Å²) in [5.41, 5.74) is 0.00268. The second-order valence-corrected chi connectivity index (χ2v) is 4.55. The first-order chi connectivity index (χ1) is 8.06. The van der Waals surface area contributed by atoms with Crippen LogP contribution in [0.25, 0.3) is 0 Å². The Morgan fingerprint density at radius 3 is 2.59 bits per heavy atom. The first-order valence-corrected chi connectivity index (χ1v) is 5.76. The second kappa shape index (κ2) is 4.98. The Morgan fingerprint density at radius 2 is 2.00 bits per heavy atom. The normalized spacial score (nSPS) is 10.4. The van der Waals surface area contributed by atoms with Gasteiger partial charge >= 0.3 is 0 Å². The van der Waals surface area contributed by atoms with E-state index in [0.717, 1.165) is 16.6 Å². The lowest BCUT2D eigenvalue weighted by Gasteiger charge is -2.08. The van der Waals surface area contributed by atoms with Gasteiger partial charge in [0.2, 0.25) is 0 Å². The van der Waals surface area contributed by atoms with Gasteiger partial charge in [0.1, 0.15) is 11.6 Å². The zero-order chi connectivity index (χ0) is 12.4. The topological polar surface area (TPSA) is 24.9 Å². The molecule has 0 fully saturated rings. The molecule has 0 unspecified atom stereocenters. The standard InChI is InChI=1S/C11H6BrClF2N2/c12-6-1-2-10(16-5-6)17-11-8(13)3-7(14)4-9(11)15/h1-5H,(H,16,17). The van der Waals surface area contributed by atoms with Gasteiger partial charge in [0.15, 0.2) is 5.82 Å². The van der Waals surface area contributed by atoms with Crippen LogP contribution in [0.5, 0.6) is 0 Å². The highest BCUT2D eigenvalue weighted by Gasteiger charge is 2.10. The summed E-state index contributed by atoms with van der Waals surface area (Å²) in [6.45, 7) is 0. The molecule has 0 spiro atoms. The van der Waals surface area contributed by atoms with Crippen LogP contribution in [-0.2, 0) is 0 Å². The zero-order valence-electron chi connectivity index (χ0n) is 8.35. The van der Waals surface area contributed by atoms with Gasteiger partial charge in [-0.05, 0) is 34.1 Å². The Kier molecular flexibility index (Phi) is 3.59. The van der Waals surface area contributed by atoms with Crippen LogP contribution >= 0.6 is 27.5 Å². The number of hydrogen-bond donors (Lipinski definition) is 1. The van der Waals surface area contributed by atoms with Crippen LogP contribution in [0.2, 0.25) is 5.02 Å². The van der Waals surface area contributed by atoms with Crippen LogP contribution in [0.3, 0.4) is 0 Å². The lowest BCUT2D eigenvalue weighted by molar-refractivity contribution is 0.586. The summed E-state index contributed by atoms with van der Waals surface area (Å²) >= 11 is 8.97. The molecule has 2 aromatic rings. The van der Waals surface area contributed by atoms with Gasteiger partial charge in [-0.15, -0.1) is 0 Å². The van der Waals surface area contributed by atoms with Gasteiger partial charge in [0.05, 0.1) is 10.7 Å². The summed E-state index contributed by atoms with van der Waals surface area (Å²) in [5.74, 6) is -1.07. The molecule has 0 bridgehead atoms. The maximum absolute atomic E-state index is 13.5. The summed E-state index contributed by atoms with van der Waals surface area (Å²) in [7, 11) is 0. The van der Waals surface area contributed by atoms with Crippen LogP contribution in [0, 0.1) is 11.6 Å². The van der Waals surface area contributed by atoms with E-state index in [9.17, 15) is 8.78 Å². The predicted molar refractivity (Wildman–Crippen MR) is 66.6 cm³/mol. The molecule has 0 atom stereocenters. The van der Waals surface area contributed by atoms with E-state index in [-0.39, 0.29) is 10.7 Å². The maximum Gasteiger partial charge on any atom is 0.151 e. The summed E-state index contributed by atoms with van der Waals surface area (Å²) < 4.78 is 27.1. The zero-order valence-corrected chi connectivity index (χ0v) is 10.7. The van der Waals surface area contributed by atoms with Crippen molar-refractivity contribution in [3.63, 3.8) is 0 Å². The van der Waals surface area contributed by atoms with Gasteiger partial charge in [-0.3, -0.25) is 0 Å². The van der Waals surface area contributed by atoms with E-state index in [0.29, 0.717) is 5.82 Å². The summed E-state index contributed by atoms with van der Waals surface area (Å²) in [5, 5.41) is 2.65. The first kappa shape index (κ1) is 12.3. The van der Waals surface area contributed by atoms with Crippen molar-refractivity contribution in [2.45, 2.75) is 0 Å². The summed E-state index contributed by atoms with van der Waals surface area (Å²) in [4.78, 5) is 4.00. The van der Waals surface area contributed by atoms with E-state index in [1.165, 1.54) is 0 Å². The summed E-state index contributed by atoms with van der Waals surface area (Å²) in [6, 6.07) is 5.17. The SMILES string of the molecule is Fc1cc(F)c(Nc2ccc(Br)cn2)c(Cl)c1. The molecule has 6 heteroatoms. The minimum Gasteiger partial charge on any atom is -0.337 e. The fraction of sp³-hybridized carbons (Fsp3) is 0. The molecule has 2 nitrogen and oxygen atoms in total. The van der Waals surface area contributed by atoms with Crippen molar-refractivity contribution in [3.8, 4) is 0 Å². The van der Waals surface area contributed by atoms with Crippen molar-refractivity contribution in [2.75, 3.05) is 5.32 Å². The molecular weight excluding hydrogens is 313 g/mol. The average Bonchev–Trinajstić information content (AvgIpc) is 2.26. The quantitative estimate of drug-likeness (QED) is 0.880. The Labute approximate surface area is 110 Å². The molecule has 2 rings (SSSR count). The Morgan fingerprint density at radius 1 is 1.24 bits per heavy atom. The van der Waals surface area contributed by atoms with Crippen LogP contribution in [-0.4, -0.2) is 4.98 Å². The highest BCUT2D eigenvalue weighted by molar-refractivity contribution is 9.10. The van der Waals surface area contributed by atoms with Gasteiger partial charge in [0.25, 0.3) is 0 Å². The molecule has 0 radical (unpaired) electrons. The van der Waals surface area contributed by atoms with Gasteiger partial charge in [-0.1, -0.05) is 11.6 Å². The highest BCUT2D eigenvalue weighted by atomic mass is 79.9. The van der Waals surface area contributed by atoms with Crippen molar-refractivity contribution in [2.24, 2.45) is 0 Å². The fourth-order valence-corrected chi connectivity index (χ4v) is 1.72. The van der Waals surface area contributed by atoms with Crippen molar-refractivity contribution < 1.29 is 8.78 Å². The predicted octanol–water partition coefficient (Wildman–Crippen LogP) is 4.52. The molecule has 1 aromatic carbocycles. The molecule has 0 saturated heterocycles. The largest absolute Gasteiger partial charge is 0.337 e. The third-order valence-electron chi connectivity index (χ3n) is 1.99. The average molecular weight is 320 g/mol. The van der Waals surface area contributed by atoms with E-state index in [1.807, 2.05) is 0 Å². The molecule has 0 amide bonds. The molecule has 1 aromatic heterocycles. The van der Waals surface area contributed by atoms with E-state index >= 15 is 0 Å². The maximum atomic E-state index is 13.5. The fourth-order valence-electron chi connectivity index (χ4n) is 1.24. The number of nitrogens with zero attached hydrogens (tertiary/aromatic N) is 1. The van der Waals surface area contributed by atoms with Crippen LogP contribution < -0.4 is 5.32 Å². The Bertz CT molecular complexity index is 523. The van der Waals surface area contributed by atoms with Crippen LogP contribution in [0.15, 0.2) is 34.9 Å². The molecular formula is C11H6BrClF2N2. The molecule has 0 aliphatic rings. The number of pyridine rings is 1. The molecule has 1 heterocycles. The number of benzene rings is 1. The van der Waals surface area contributed by atoms with Crippen molar-refractivity contribution in [1.82, 2.24) is 4.98 Å². The van der Waals surface area contributed by atoms with Crippen molar-refractivity contribution in [1.29, 1.82) is 0 Å². The molecule has 1 N–H and O–H groups in total. The van der Waals surface area contributed by atoms with Crippen LogP contribution in [0.1, 0.15) is 0 Å². The van der Waals surface area contributed by atoms with Gasteiger partial charge < -0.3 is 5.32 Å². The Balaban J connectivity index is 2.33. The number of anilines is 2. The second-order valence-electron chi connectivity index (χ2n) is 3.23. The molecule has 17 heavy (non-hydrogen) atoms. The lowest BCUT2D eigenvalue weighted by Crippen LogP contribution is -1.97. The minimum absolute atomic E-state index is 0.00268. The molecule has 0 aliphatic carbocycles. The Hall–Kier alpha value is -1.20. The number of aromatic nitrogens is 1. The van der Waals surface area contributed by atoms with E-state index < -0.39 is 11.6 Å². The molecule has 88 valence electrons. The third kappa shape index (κ3) is 2.92. The molecule has 0 saturated carbocycles. The number of nitrogens with one attached hydrogen (secondary N) is 1. The lowest BCUT2D eigenvalue weighted by atomic mass is 10.3. The van der Waals surface area contributed by atoms with Crippen LogP contribution in [0.4, 0.5) is 20.3 Å². The smallest absolute Gasteiger partial charge is 0.151 e. The number of rotatable bonds is 2. The van der Waals surface area contributed by atoms with Gasteiger partial charge in [-0.25, -0.2) is 13.8 Å². The highest BCUT2D eigenvalue weighted by Crippen LogP contribution is 2.28. The van der Waals surface area contributed by atoms with Gasteiger partial charge in [0, 0.05) is 16.7 Å². The summed E-state index contributed by atoms with van der Waals surface area (Å²) in [6.07, 6.45) is 1.55. The van der Waals surface area contributed by atoms with E-state index in [1.54, 1.807) is 18.3 Å². The van der Waals surface area contributed by atoms with Crippen molar-refractivity contribution in [3.05, 3.63) is 51.6 Å². The number of halogens is 4. The number of hydrogen-bond acceptors (Lipinski definition) is 2. The third-order valence-corrected chi connectivity index (χ3v) is 2.75. The van der Waals surface area contributed by atoms with Crippen molar-refractivity contribution >= 4 is 39.0 Å². The molecule has 0 aliphatic heterocycles. The van der Waals surface area contributed by atoms with Gasteiger partial charge in [-0.2, -0.15) is 0 Å². The van der Waals surface area contributed by atoms with E-state index in [2.05, 4.69) is 26.2 Å². The monoisotopic (exact) mass is 318 g/mol. The van der Waals surface area contributed by atoms with E-state index in [4.69, 9.17) is 11.6 Å². The first-order valence-electron chi connectivity index (χ1n) is 4.59. The minimum atomic E-state index is -0.764.